The molecule has 16 heavy (non-hydrogen) atoms. The predicted octanol–water partition coefficient (Wildman–Crippen LogP) is 4.83. The van der Waals surface area contributed by atoms with Crippen LogP contribution in [0.4, 0.5) is 13.2 Å². The lowest BCUT2D eigenvalue weighted by Gasteiger charge is -2.12. The highest BCUT2D eigenvalue weighted by molar-refractivity contribution is 6.17. The zero-order valence-electron chi connectivity index (χ0n) is 9.02. The van der Waals surface area contributed by atoms with Crippen molar-refractivity contribution in [2.75, 3.05) is 5.88 Å². The maximum atomic E-state index is 12.3. The number of hydrogen-bond acceptors (Lipinski definition) is 0. The van der Waals surface area contributed by atoms with Gasteiger partial charge in [-0.3, -0.25) is 0 Å². The van der Waals surface area contributed by atoms with E-state index < -0.39 is 11.7 Å². The minimum absolute atomic E-state index is 0.251. The average Bonchev–Trinajstić information content (AvgIpc) is 2.25. The Morgan fingerprint density at radius 3 is 2.19 bits per heavy atom. The molecule has 0 amide bonds. The summed E-state index contributed by atoms with van der Waals surface area (Å²) in [5.41, 5.74) is 0.332. The molecular weight excluding hydrogens is 237 g/mol. The Balaban J connectivity index is 2.71. The molecule has 1 atom stereocenters. The highest BCUT2D eigenvalue weighted by atomic mass is 35.5. The topological polar surface area (TPSA) is 0 Å². The zero-order chi connectivity index (χ0) is 12.2. The van der Waals surface area contributed by atoms with Crippen LogP contribution in [0.5, 0.6) is 0 Å². The Morgan fingerprint density at radius 1 is 1.19 bits per heavy atom. The maximum Gasteiger partial charge on any atom is 0.416 e. The Labute approximate surface area is 98.4 Å². The van der Waals surface area contributed by atoms with Gasteiger partial charge in [-0.05, 0) is 36.5 Å². The second-order valence-corrected chi connectivity index (χ2v) is 4.23. The summed E-state index contributed by atoms with van der Waals surface area (Å²) in [6.45, 7) is 2.00. The van der Waals surface area contributed by atoms with Crippen LogP contribution in [0.1, 0.15) is 36.8 Å². The van der Waals surface area contributed by atoms with Crippen LogP contribution in [0.15, 0.2) is 24.3 Å². The van der Waals surface area contributed by atoms with E-state index in [0.29, 0.717) is 5.88 Å². The summed E-state index contributed by atoms with van der Waals surface area (Å²) < 4.78 is 36.9. The van der Waals surface area contributed by atoms with Crippen LogP contribution in [-0.4, -0.2) is 5.88 Å². The van der Waals surface area contributed by atoms with Crippen molar-refractivity contribution in [3.8, 4) is 0 Å². The van der Waals surface area contributed by atoms with Gasteiger partial charge in [-0.25, -0.2) is 0 Å². The molecule has 1 aromatic carbocycles. The molecule has 0 heterocycles. The van der Waals surface area contributed by atoms with Crippen molar-refractivity contribution in [3.63, 3.8) is 0 Å². The van der Waals surface area contributed by atoms with Crippen LogP contribution in [0.3, 0.4) is 0 Å². The first-order valence-corrected chi connectivity index (χ1v) is 5.71. The predicted molar refractivity (Wildman–Crippen MR) is 59.8 cm³/mol. The normalized spacial score (nSPS) is 13.8. The molecule has 0 spiro atoms. The Hall–Kier alpha value is -0.700. The van der Waals surface area contributed by atoms with Gasteiger partial charge in [0.2, 0.25) is 0 Å². The lowest BCUT2D eigenvalue weighted by molar-refractivity contribution is -0.137. The second-order valence-electron chi connectivity index (χ2n) is 3.85. The lowest BCUT2D eigenvalue weighted by Crippen LogP contribution is -2.05. The summed E-state index contributed by atoms with van der Waals surface area (Å²) >= 11 is 5.57. The van der Waals surface area contributed by atoms with Crippen LogP contribution in [-0.2, 0) is 6.18 Å². The van der Waals surface area contributed by atoms with Gasteiger partial charge in [-0.1, -0.05) is 19.1 Å². The molecule has 1 aromatic rings. The van der Waals surface area contributed by atoms with E-state index in [9.17, 15) is 13.2 Å². The van der Waals surface area contributed by atoms with E-state index in [2.05, 4.69) is 0 Å². The standard InChI is InChI=1S/C12H14ClF3/c1-9(3-2-8-13)10-4-6-11(7-5-10)12(14,15)16/h4-7,9H,2-3,8H2,1H3. The third-order valence-corrected chi connectivity index (χ3v) is 2.85. The number of hydrogen-bond donors (Lipinski definition) is 0. The molecule has 0 nitrogen and oxygen atoms in total. The van der Waals surface area contributed by atoms with Gasteiger partial charge >= 0.3 is 6.18 Å². The van der Waals surface area contributed by atoms with E-state index in [1.807, 2.05) is 6.92 Å². The van der Waals surface area contributed by atoms with E-state index in [1.165, 1.54) is 0 Å². The molecule has 0 fully saturated rings. The van der Waals surface area contributed by atoms with E-state index in [4.69, 9.17) is 11.6 Å². The van der Waals surface area contributed by atoms with E-state index in [0.717, 1.165) is 30.5 Å². The van der Waals surface area contributed by atoms with Crippen LogP contribution < -0.4 is 0 Å². The van der Waals surface area contributed by atoms with Gasteiger partial charge in [-0.2, -0.15) is 13.2 Å². The van der Waals surface area contributed by atoms with Crippen molar-refractivity contribution in [2.24, 2.45) is 0 Å². The smallest absolute Gasteiger partial charge is 0.166 e. The highest BCUT2D eigenvalue weighted by Crippen LogP contribution is 2.30. The van der Waals surface area contributed by atoms with Crippen molar-refractivity contribution < 1.29 is 13.2 Å². The molecular formula is C12H14ClF3. The van der Waals surface area contributed by atoms with Gasteiger partial charge in [0.1, 0.15) is 0 Å². The third kappa shape index (κ3) is 3.71. The summed E-state index contributed by atoms with van der Waals surface area (Å²) in [6, 6.07) is 5.35. The Morgan fingerprint density at radius 2 is 1.75 bits per heavy atom. The van der Waals surface area contributed by atoms with Gasteiger partial charge in [0, 0.05) is 5.88 Å². The summed E-state index contributed by atoms with van der Waals surface area (Å²) in [5, 5.41) is 0. The van der Waals surface area contributed by atoms with Gasteiger partial charge in [0.15, 0.2) is 0 Å². The quantitative estimate of drug-likeness (QED) is 0.672. The molecule has 0 saturated carbocycles. The monoisotopic (exact) mass is 250 g/mol. The fraction of sp³-hybridized carbons (Fsp3) is 0.500. The lowest BCUT2D eigenvalue weighted by atomic mass is 9.96. The highest BCUT2D eigenvalue weighted by Gasteiger charge is 2.30. The van der Waals surface area contributed by atoms with Gasteiger partial charge in [-0.15, -0.1) is 11.6 Å². The van der Waals surface area contributed by atoms with Gasteiger partial charge in [0.05, 0.1) is 5.56 Å². The van der Waals surface area contributed by atoms with Crippen molar-refractivity contribution in [2.45, 2.75) is 31.9 Å². The summed E-state index contributed by atoms with van der Waals surface area (Å²) in [4.78, 5) is 0. The molecule has 0 bridgehead atoms. The Kier molecular flexibility index (Phi) is 4.66. The van der Waals surface area contributed by atoms with Crippen LogP contribution >= 0.6 is 11.6 Å². The molecule has 0 aliphatic carbocycles. The second kappa shape index (κ2) is 5.58. The molecule has 0 saturated heterocycles. The molecule has 0 radical (unpaired) electrons. The van der Waals surface area contributed by atoms with E-state index in [-0.39, 0.29) is 5.92 Å². The molecule has 1 rings (SSSR count). The minimum Gasteiger partial charge on any atom is -0.166 e. The van der Waals surface area contributed by atoms with E-state index >= 15 is 0 Å². The molecule has 4 heteroatoms. The fourth-order valence-electron chi connectivity index (χ4n) is 1.55. The fourth-order valence-corrected chi connectivity index (χ4v) is 1.70. The van der Waals surface area contributed by atoms with Crippen molar-refractivity contribution in [1.29, 1.82) is 0 Å². The number of benzene rings is 1. The molecule has 1 unspecified atom stereocenters. The summed E-state index contributed by atoms with van der Waals surface area (Å²) in [7, 11) is 0. The number of rotatable bonds is 4. The first kappa shape index (κ1) is 13.4. The zero-order valence-corrected chi connectivity index (χ0v) is 9.78. The maximum absolute atomic E-state index is 12.3. The Bertz CT molecular complexity index is 316. The van der Waals surface area contributed by atoms with Gasteiger partial charge < -0.3 is 0 Å². The average molecular weight is 251 g/mol. The first-order chi connectivity index (χ1) is 7.45. The summed E-state index contributed by atoms with van der Waals surface area (Å²) in [5.74, 6) is 0.839. The van der Waals surface area contributed by atoms with Crippen molar-refractivity contribution in [1.82, 2.24) is 0 Å². The molecule has 0 aliphatic rings. The van der Waals surface area contributed by atoms with Crippen LogP contribution in [0.2, 0.25) is 0 Å². The number of alkyl halides is 4. The SMILES string of the molecule is CC(CCCCl)c1ccc(C(F)(F)F)cc1. The van der Waals surface area contributed by atoms with E-state index in [1.54, 1.807) is 12.1 Å². The molecule has 90 valence electrons. The van der Waals surface area contributed by atoms with Gasteiger partial charge in [0.25, 0.3) is 0 Å². The third-order valence-electron chi connectivity index (χ3n) is 2.58. The minimum atomic E-state index is -4.25. The van der Waals surface area contributed by atoms with Crippen molar-refractivity contribution >= 4 is 11.6 Å². The van der Waals surface area contributed by atoms with Crippen LogP contribution in [0.25, 0.3) is 0 Å². The number of halogens is 4. The van der Waals surface area contributed by atoms with Crippen molar-refractivity contribution in [3.05, 3.63) is 35.4 Å². The molecule has 0 N–H and O–H groups in total. The largest absolute Gasteiger partial charge is 0.416 e. The molecule has 0 aromatic heterocycles. The van der Waals surface area contributed by atoms with Crippen LogP contribution in [0, 0.1) is 0 Å². The molecule has 0 aliphatic heterocycles. The first-order valence-electron chi connectivity index (χ1n) is 5.18. The summed E-state index contributed by atoms with van der Waals surface area (Å²) in [6.07, 6.45) is -2.48.